The smallest absolute Gasteiger partial charge is 0.142 e. The summed E-state index contributed by atoms with van der Waals surface area (Å²) in [6, 6.07) is 14.3. The molecule has 0 spiro atoms. The minimum atomic E-state index is 0.238. The molecular formula is C13H13NO2. The van der Waals surface area contributed by atoms with E-state index in [1.54, 1.807) is 24.3 Å². The van der Waals surface area contributed by atoms with Crippen LogP contribution in [0.2, 0.25) is 0 Å². The van der Waals surface area contributed by atoms with Gasteiger partial charge < -0.3 is 15.6 Å². The minimum absolute atomic E-state index is 0.238. The Morgan fingerprint density at radius 3 is 2.62 bits per heavy atom. The molecule has 0 saturated carbocycles. The Morgan fingerprint density at radius 1 is 1.06 bits per heavy atom. The van der Waals surface area contributed by atoms with E-state index in [0.29, 0.717) is 18.0 Å². The largest absolute Gasteiger partial charge is 0.508 e. The van der Waals surface area contributed by atoms with Crippen molar-refractivity contribution in [1.82, 2.24) is 0 Å². The molecule has 0 atom stereocenters. The highest BCUT2D eigenvalue weighted by atomic mass is 16.5. The van der Waals surface area contributed by atoms with E-state index < -0.39 is 0 Å². The molecule has 0 unspecified atom stereocenters. The molecule has 0 bridgehead atoms. The molecule has 0 radical (unpaired) electrons. The van der Waals surface area contributed by atoms with Crippen molar-refractivity contribution >= 4 is 5.69 Å². The molecule has 3 N–H and O–H groups in total. The van der Waals surface area contributed by atoms with Gasteiger partial charge in [0.05, 0.1) is 5.69 Å². The van der Waals surface area contributed by atoms with E-state index in [-0.39, 0.29) is 5.75 Å². The van der Waals surface area contributed by atoms with Gasteiger partial charge in [0.1, 0.15) is 18.1 Å². The zero-order valence-electron chi connectivity index (χ0n) is 8.76. The highest BCUT2D eigenvalue weighted by Crippen LogP contribution is 2.21. The molecule has 2 rings (SSSR count). The fraction of sp³-hybridized carbons (Fsp3) is 0.0769. The van der Waals surface area contributed by atoms with Gasteiger partial charge in [0.15, 0.2) is 0 Å². The van der Waals surface area contributed by atoms with Crippen LogP contribution < -0.4 is 10.5 Å². The normalized spacial score (nSPS) is 10.0. The third-order valence-electron chi connectivity index (χ3n) is 2.22. The number of phenolic OH excluding ortho intramolecular Hbond substituents is 1. The first-order chi connectivity index (χ1) is 7.75. The number of hydrogen-bond acceptors (Lipinski definition) is 3. The number of aromatic hydroxyl groups is 1. The number of phenols is 1. The van der Waals surface area contributed by atoms with Crippen LogP contribution in [0.15, 0.2) is 48.5 Å². The van der Waals surface area contributed by atoms with Gasteiger partial charge in [-0.2, -0.15) is 0 Å². The number of ether oxygens (including phenoxy) is 1. The summed E-state index contributed by atoms with van der Waals surface area (Å²) in [4.78, 5) is 0. The molecule has 2 aromatic carbocycles. The van der Waals surface area contributed by atoms with Crippen LogP contribution in [0.4, 0.5) is 5.69 Å². The van der Waals surface area contributed by atoms with E-state index in [1.165, 1.54) is 0 Å². The van der Waals surface area contributed by atoms with Gasteiger partial charge >= 0.3 is 0 Å². The molecule has 82 valence electrons. The zero-order valence-corrected chi connectivity index (χ0v) is 8.76. The molecule has 0 heterocycles. The van der Waals surface area contributed by atoms with Gasteiger partial charge in [-0.05, 0) is 29.8 Å². The highest BCUT2D eigenvalue weighted by Gasteiger charge is 1.99. The summed E-state index contributed by atoms with van der Waals surface area (Å²) in [7, 11) is 0. The van der Waals surface area contributed by atoms with Crippen LogP contribution in [0.5, 0.6) is 11.5 Å². The Balaban J connectivity index is 2.05. The Morgan fingerprint density at radius 2 is 1.88 bits per heavy atom. The maximum atomic E-state index is 9.28. The van der Waals surface area contributed by atoms with Gasteiger partial charge in [-0.3, -0.25) is 0 Å². The van der Waals surface area contributed by atoms with Gasteiger partial charge in [0.25, 0.3) is 0 Å². The molecule has 16 heavy (non-hydrogen) atoms. The standard InChI is InChI=1S/C13H13NO2/c14-12-6-1-2-7-13(12)16-9-10-4-3-5-11(15)8-10/h1-8,15H,9,14H2. The number of hydrogen-bond donors (Lipinski definition) is 2. The van der Waals surface area contributed by atoms with Crippen molar-refractivity contribution in [2.24, 2.45) is 0 Å². The van der Waals surface area contributed by atoms with E-state index >= 15 is 0 Å². The zero-order chi connectivity index (χ0) is 11.4. The average Bonchev–Trinajstić information content (AvgIpc) is 2.28. The highest BCUT2D eigenvalue weighted by molar-refractivity contribution is 5.51. The predicted octanol–water partition coefficient (Wildman–Crippen LogP) is 2.55. The van der Waals surface area contributed by atoms with Crippen molar-refractivity contribution in [2.45, 2.75) is 6.61 Å². The summed E-state index contributed by atoms with van der Waals surface area (Å²) >= 11 is 0. The van der Waals surface area contributed by atoms with Crippen molar-refractivity contribution < 1.29 is 9.84 Å². The fourth-order valence-corrected chi connectivity index (χ4v) is 1.42. The van der Waals surface area contributed by atoms with Crippen molar-refractivity contribution in [2.75, 3.05) is 5.73 Å². The van der Waals surface area contributed by atoms with Gasteiger partial charge in [-0.1, -0.05) is 24.3 Å². The van der Waals surface area contributed by atoms with Gasteiger partial charge in [0.2, 0.25) is 0 Å². The first-order valence-corrected chi connectivity index (χ1v) is 5.01. The third-order valence-corrected chi connectivity index (χ3v) is 2.22. The molecule has 3 heteroatoms. The molecule has 2 aromatic rings. The summed E-state index contributed by atoms with van der Waals surface area (Å²) in [5.41, 5.74) is 7.26. The molecule has 0 aliphatic rings. The van der Waals surface area contributed by atoms with Gasteiger partial charge in [-0.15, -0.1) is 0 Å². The minimum Gasteiger partial charge on any atom is -0.508 e. The lowest BCUT2D eigenvalue weighted by molar-refractivity contribution is 0.307. The van der Waals surface area contributed by atoms with E-state index in [0.717, 1.165) is 5.56 Å². The molecule has 3 nitrogen and oxygen atoms in total. The first kappa shape index (κ1) is 10.4. The molecule has 0 saturated heterocycles. The lowest BCUT2D eigenvalue weighted by atomic mass is 10.2. The summed E-state index contributed by atoms with van der Waals surface area (Å²) in [5, 5.41) is 9.28. The maximum absolute atomic E-state index is 9.28. The lowest BCUT2D eigenvalue weighted by Gasteiger charge is -2.08. The summed E-state index contributed by atoms with van der Waals surface area (Å²) in [6.07, 6.45) is 0. The maximum Gasteiger partial charge on any atom is 0.142 e. The topological polar surface area (TPSA) is 55.5 Å². The van der Waals surface area contributed by atoms with Crippen LogP contribution in [0.3, 0.4) is 0 Å². The van der Waals surface area contributed by atoms with Gasteiger partial charge in [-0.25, -0.2) is 0 Å². The SMILES string of the molecule is Nc1ccccc1OCc1cccc(O)c1. The van der Waals surface area contributed by atoms with E-state index in [4.69, 9.17) is 10.5 Å². The van der Waals surface area contributed by atoms with E-state index in [2.05, 4.69) is 0 Å². The van der Waals surface area contributed by atoms with E-state index in [1.807, 2.05) is 24.3 Å². The van der Waals surface area contributed by atoms with Crippen LogP contribution in [-0.2, 0) is 6.61 Å². The number of para-hydroxylation sites is 2. The molecule has 0 amide bonds. The number of benzene rings is 2. The lowest BCUT2D eigenvalue weighted by Crippen LogP contribution is -1.98. The van der Waals surface area contributed by atoms with Crippen molar-refractivity contribution in [3.05, 3.63) is 54.1 Å². The average molecular weight is 215 g/mol. The number of nitrogen functional groups attached to an aromatic ring is 1. The van der Waals surface area contributed by atoms with Gasteiger partial charge in [0, 0.05) is 0 Å². The second-order valence-electron chi connectivity index (χ2n) is 3.50. The Kier molecular flexibility index (Phi) is 2.96. The van der Waals surface area contributed by atoms with Crippen molar-refractivity contribution in [3.8, 4) is 11.5 Å². The molecule has 0 aromatic heterocycles. The Bertz CT molecular complexity index is 483. The molecule has 0 fully saturated rings. The van der Waals surface area contributed by atoms with Crippen LogP contribution >= 0.6 is 0 Å². The number of rotatable bonds is 3. The second kappa shape index (κ2) is 4.57. The summed E-state index contributed by atoms with van der Waals surface area (Å²) in [6.45, 7) is 0.391. The van der Waals surface area contributed by atoms with Crippen molar-refractivity contribution in [3.63, 3.8) is 0 Å². The first-order valence-electron chi connectivity index (χ1n) is 5.01. The number of nitrogens with two attached hydrogens (primary N) is 1. The fourth-order valence-electron chi connectivity index (χ4n) is 1.42. The third kappa shape index (κ3) is 2.45. The van der Waals surface area contributed by atoms with E-state index in [9.17, 15) is 5.11 Å². The molecule has 0 aliphatic carbocycles. The summed E-state index contributed by atoms with van der Waals surface area (Å²) < 4.78 is 5.54. The van der Waals surface area contributed by atoms with Crippen LogP contribution in [0.25, 0.3) is 0 Å². The summed E-state index contributed by atoms with van der Waals surface area (Å²) in [5.74, 6) is 0.896. The van der Waals surface area contributed by atoms with Crippen molar-refractivity contribution in [1.29, 1.82) is 0 Å². The number of anilines is 1. The van der Waals surface area contributed by atoms with Crippen LogP contribution in [0, 0.1) is 0 Å². The Hall–Kier alpha value is -2.16. The predicted molar refractivity (Wildman–Crippen MR) is 63.3 cm³/mol. The van der Waals surface area contributed by atoms with Crippen LogP contribution in [-0.4, -0.2) is 5.11 Å². The quantitative estimate of drug-likeness (QED) is 0.773. The molecule has 0 aliphatic heterocycles. The van der Waals surface area contributed by atoms with Crippen LogP contribution in [0.1, 0.15) is 5.56 Å². The Labute approximate surface area is 94.1 Å². The molecular weight excluding hydrogens is 202 g/mol. The monoisotopic (exact) mass is 215 g/mol. The second-order valence-corrected chi connectivity index (χ2v) is 3.50.